The van der Waals surface area contributed by atoms with Crippen LogP contribution in [0.5, 0.6) is 5.75 Å². The van der Waals surface area contributed by atoms with Gasteiger partial charge >= 0.3 is 6.03 Å². The van der Waals surface area contributed by atoms with Crippen molar-refractivity contribution >= 4 is 29.6 Å². The van der Waals surface area contributed by atoms with Crippen molar-refractivity contribution in [3.05, 3.63) is 60.2 Å². The molecule has 3 N–H and O–H groups in total. The van der Waals surface area contributed by atoms with Crippen LogP contribution in [0.15, 0.2) is 59.5 Å². The van der Waals surface area contributed by atoms with Crippen LogP contribution in [0.25, 0.3) is 0 Å². The number of nitrogens with zero attached hydrogens (tertiary/aromatic N) is 1. The molecule has 0 aliphatic heterocycles. The van der Waals surface area contributed by atoms with Gasteiger partial charge in [0, 0.05) is 24.1 Å². The molecule has 0 aliphatic carbocycles. The van der Waals surface area contributed by atoms with E-state index in [9.17, 15) is 19.6 Å². The first-order valence-electron chi connectivity index (χ1n) is 11.6. The quantitative estimate of drug-likeness (QED) is 0.229. The summed E-state index contributed by atoms with van der Waals surface area (Å²) >= 11 is 1.47. The van der Waals surface area contributed by atoms with E-state index >= 15 is 0 Å². The van der Waals surface area contributed by atoms with Gasteiger partial charge in [-0.3, -0.25) is 14.8 Å². The van der Waals surface area contributed by atoms with Crippen LogP contribution in [0.3, 0.4) is 0 Å². The summed E-state index contributed by atoms with van der Waals surface area (Å²) in [5.41, 5.74) is 0.836. The Morgan fingerprint density at radius 2 is 1.69 bits per heavy atom. The molecule has 0 saturated heterocycles. The Balaban J connectivity index is 2.07. The van der Waals surface area contributed by atoms with Gasteiger partial charge in [-0.2, -0.15) is 0 Å². The number of ether oxygens (including phenoxy) is 1. The van der Waals surface area contributed by atoms with Gasteiger partial charge in [0.25, 0.3) is 5.91 Å². The normalized spacial score (nSPS) is 12.5. The van der Waals surface area contributed by atoms with E-state index in [4.69, 9.17) is 4.74 Å². The molecule has 0 saturated carbocycles. The van der Waals surface area contributed by atoms with Gasteiger partial charge in [-0.15, -0.1) is 16.8 Å². The first kappa shape index (κ1) is 28.2. The van der Waals surface area contributed by atoms with E-state index in [-0.39, 0.29) is 11.5 Å². The second kappa shape index (κ2) is 14.4. The molecule has 190 valence electrons. The fraction of sp³-hybridized carbons (Fsp3) is 0.423. The van der Waals surface area contributed by atoms with Crippen molar-refractivity contribution in [1.82, 2.24) is 15.7 Å². The molecule has 2 aromatic rings. The molecule has 0 aliphatic rings. The number of thioether (sulfide) groups is 1. The lowest BCUT2D eigenvalue weighted by atomic mass is 9.98. The van der Waals surface area contributed by atoms with Gasteiger partial charge in [-0.25, -0.2) is 4.79 Å². The van der Waals surface area contributed by atoms with Crippen LogP contribution in [0.2, 0.25) is 0 Å². The lowest BCUT2D eigenvalue weighted by Crippen LogP contribution is -2.53. The zero-order valence-corrected chi connectivity index (χ0v) is 21.5. The standard InChI is InChI=1S/C26H35N3O5S/c1-18(2)10-11-20(17-35-22-14-12-21(34-4)13-15-22)25(31)29(33)26(32)28-23(24(30)27-3)16-19-8-6-5-7-9-19/h5-9,12-15,18,20,23,33H,10-11,16-17H2,1-4H3,(H,27,30)(H,28,32)/t20-,23+/m1/s1. The Morgan fingerprint density at radius 1 is 1.03 bits per heavy atom. The molecule has 0 spiro atoms. The predicted octanol–water partition coefficient (Wildman–Crippen LogP) is 4.12. The van der Waals surface area contributed by atoms with E-state index in [1.165, 1.54) is 18.8 Å². The molecule has 0 radical (unpaired) electrons. The molecule has 4 amide bonds. The molecular formula is C26H35N3O5S. The van der Waals surface area contributed by atoms with E-state index in [1.807, 2.05) is 54.6 Å². The lowest BCUT2D eigenvalue weighted by Gasteiger charge is -2.24. The molecule has 2 rings (SSSR count). The number of likely N-dealkylation sites (N-methyl/N-ethyl adjacent to an activating group) is 1. The highest BCUT2D eigenvalue weighted by atomic mass is 32.2. The van der Waals surface area contributed by atoms with Crippen molar-refractivity contribution < 1.29 is 24.3 Å². The maximum absolute atomic E-state index is 13.1. The molecule has 0 heterocycles. The van der Waals surface area contributed by atoms with Gasteiger partial charge in [0.1, 0.15) is 11.8 Å². The summed E-state index contributed by atoms with van der Waals surface area (Å²) in [6.45, 7) is 4.11. The molecular weight excluding hydrogens is 466 g/mol. The van der Waals surface area contributed by atoms with Crippen LogP contribution < -0.4 is 15.4 Å². The Morgan fingerprint density at radius 3 is 2.26 bits per heavy atom. The first-order chi connectivity index (χ1) is 16.7. The third kappa shape index (κ3) is 9.26. The maximum Gasteiger partial charge on any atom is 0.349 e. The zero-order chi connectivity index (χ0) is 25.8. The number of nitrogens with one attached hydrogen (secondary N) is 2. The summed E-state index contributed by atoms with van der Waals surface area (Å²) in [4.78, 5) is 39.1. The highest BCUT2D eigenvalue weighted by Gasteiger charge is 2.31. The Kier molecular flexibility index (Phi) is 11.6. The third-order valence-electron chi connectivity index (χ3n) is 5.50. The fourth-order valence-electron chi connectivity index (χ4n) is 3.40. The largest absolute Gasteiger partial charge is 0.497 e. The van der Waals surface area contributed by atoms with E-state index < -0.39 is 29.8 Å². The number of urea groups is 1. The summed E-state index contributed by atoms with van der Waals surface area (Å²) in [5.74, 6) is -0.200. The van der Waals surface area contributed by atoms with Crippen LogP contribution in [0, 0.1) is 11.8 Å². The minimum absolute atomic E-state index is 0.112. The highest BCUT2D eigenvalue weighted by molar-refractivity contribution is 7.99. The number of benzene rings is 2. The van der Waals surface area contributed by atoms with Crippen molar-refractivity contribution in [3.63, 3.8) is 0 Å². The van der Waals surface area contributed by atoms with Gasteiger partial charge in [0.05, 0.1) is 13.0 Å². The Hall–Kier alpha value is -3.04. The summed E-state index contributed by atoms with van der Waals surface area (Å²) in [5, 5.41) is 15.6. The highest BCUT2D eigenvalue weighted by Crippen LogP contribution is 2.26. The second-order valence-corrected chi connectivity index (χ2v) is 9.70. The molecule has 2 aromatic carbocycles. The van der Waals surface area contributed by atoms with Crippen LogP contribution in [0.4, 0.5) is 4.79 Å². The number of rotatable bonds is 12. The minimum Gasteiger partial charge on any atom is -0.497 e. The molecule has 0 fully saturated rings. The van der Waals surface area contributed by atoms with E-state index in [1.54, 1.807) is 7.11 Å². The summed E-state index contributed by atoms with van der Waals surface area (Å²) < 4.78 is 5.17. The SMILES string of the molecule is CNC(=O)[C@H](Cc1ccccc1)NC(=O)N(O)C(=O)[C@H](CCC(C)C)CSc1ccc(OC)cc1. The predicted molar refractivity (Wildman–Crippen MR) is 136 cm³/mol. The second-order valence-electron chi connectivity index (χ2n) is 8.61. The number of carbonyl (C=O) groups excluding carboxylic acids is 3. The summed E-state index contributed by atoms with van der Waals surface area (Å²) in [6, 6.07) is 14.7. The molecule has 8 nitrogen and oxygen atoms in total. The number of hydrogen-bond donors (Lipinski definition) is 3. The topological polar surface area (TPSA) is 108 Å². The minimum atomic E-state index is -1.02. The summed E-state index contributed by atoms with van der Waals surface area (Å²) in [6.07, 6.45) is 1.51. The molecule has 2 atom stereocenters. The smallest absolute Gasteiger partial charge is 0.349 e. The van der Waals surface area contributed by atoms with Crippen molar-refractivity contribution in [3.8, 4) is 5.75 Å². The van der Waals surface area contributed by atoms with Crippen molar-refractivity contribution in [2.45, 2.75) is 44.0 Å². The number of amides is 4. The molecule has 0 unspecified atom stereocenters. The molecule has 0 aromatic heterocycles. The monoisotopic (exact) mass is 501 g/mol. The third-order valence-corrected chi connectivity index (χ3v) is 6.67. The van der Waals surface area contributed by atoms with Crippen LogP contribution >= 0.6 is 11.8 Å². The maximum atomic E-state index is 13.1. The number of methoxy groups -OCH3 is 1. The summed E-state index contributed by atoms with van der Waals surface area (Å²) in [7, 11) is 3.06. The zero-order valence-electron chi connectivity index (χ0n) is 20.7. The van der Waals surface area contributed by atoms with Gasteiger partial charge < -0.3 is 15.4 Å². The molecule has 35 heavy (non-hydrogen) atoms. The van der Waals surface area contributed by atoms with Gasteiger partial charge in [-0.1, -0.05) is 50.6 Å². The number of hydrogen-bond acceptors (Lipinski definition) is 6. The average molecular weight is 502 g/mol. The van der Waals surface area contributed by atoms with E-state index in [0.717, 1.165) is 22.6 Å². The van der Waals surface area contributed by atoms with Gasteiger partial charge in [0.2, 0.25) is 5.91 Å². The van der Waals surface area contributed by atoms with E-state index in [2.05, 4.69) is 24.5 Å². The fourth-order valence-corrected chi connectivity index (χ4v) is 4.43. The van der Waals surface area contributed by atoms with E-state index in [0.29, 0.717) is 18.1 Å². The number of hydroxylamine groups is 2. The first-order valence-corrected chi connectivity index (χ1v) is 12.6. The van der Waals surface area contributed by atoms with Crippen molar-refractivity contribution in [2.24, 2.45) is 11.8 Å². The molecule has 0 bridgehead atoms. The Bertz CT molecular complexity index is 953. The molecule has 9 heteroatoms. The average Bonchev–Trinajstić information content (AvgIpc) is 2.87. The number of carbonyl (C=O) groups is 3. The van der Waals surface area contributed by atoms with Crippen LogP contribution in [-0.4, -0.2) is 54.1 Å². The van der Waals surface area contributed by atoms with Crippen molar-refractivity contribution in [2.75, 3.05) is 19.9 Å². The van der Waals surface area contributed by atoms with Crippen LogP contribution in [-0.2, 0) is 16.0 Å². The Labute approximate surface area is 211 Å². The van der Waals surface area contributed by atoms with Gasteiger partial charge in [-0.05, 0) is 42.2 Å². The van der Waals surface area contributed by atoms with Crippen LogP contribution in [0.1, 0.15) is 32.3 Å². The number of imide groups is 1. The van der Waals surface area contributed by atoms with Gasteiger partial charge in [0.15, 0.2) is 0 Å². The van der Waals surface area contributed by atoms with Crippen molar-refractivity contribution in [1.29, 1.82) is 0 Å². The lowest BCUT2D eigenvalue weighted by molar-refractivity contribution is -0.157.